The van der Waals surface area contributed by atoms with Crippen LogP contribution in [0.1, 0.15) is 0 Å². The van der Waals surface area contributed by atoms with Gasteiger partial charge in [0.15, 0.2) is 0 Å². The van der Waals surface area contributed by atoms with E-state index in [1.165, 1.54) is 0 Å². The topological polar surface area (TPSA) is 205 Å². The van der Waals surface area contributed by atoms with Crippen LogP contribution in [0.15, 0.2) is 0 Å². The third-order valence-corrected chi connectivity index (χ3v) is 63.2. The predicted molar refractivity (Wildman–Crippen MR) is 117 cm³/mol. The van der Waals surface area contributed by atoms with Crippen molar-refractivity contribution in [3.05, 3.63) is 13.1 Å². The molecule has 0 aromatic carbocycles. The fraction of sp³-hybridized carbons (Fsp3) is 0.750. The van der Waals surface area contributed by atoms with Gasteiger partial charge in [-0.1, -0.05) is 0 Å². The van der Waals surface area contributed by atoms with E-state index >= 15 is 0 Å². The molecule has 12 nitrogen and oxygen atoms in total. The van der Waals surface area contributed by atoms with Gasteiger partial charge in [-0.25, -0.2) is 50.5 Å². The third-order valence-electron chi connectivity index (χ3n) is 3.39. The molecule has 172 valence electrons. The maximum atomic E-state index is 11.2. The largest absolute Gasteiger partial charge is 2.00 e. The van der Waals surface area contributed by atoms with Crippen LogP contribution in [0.5, 0.6) is 0 Å². The van der Waals surface area contributed by atoms with Crippen LogP contribution in [0, 0.1) is 13.1 Å². The maximum absolute atomic E-state index is 11.2. The second kappa shape index (κ2) is 9.41. The Bertz CT molecular complexity index is 998. The zero-order valence-electron chi connectivity index (χ0n) is 16.5. The monoisotopic (exact) mass is 582 g/mol. The Balaban J connectivity index is -0.000000451. The summed E-state index contributed by atoms with van der Waals surface area (Å²) >= 11 is 0. The quantitative estimate of drug-likeness (QED) is 0.221. The van der Waals surface area contributed by atoms with Crippen LogP contribution >= 0.6 is 0 Å². The van der Waals surface area contributed by atoms with E-state index in [0.717, 1.165) is 0 Å². The minimum absolute atomic E-state index is 0. The SMILES string of the molecule is [CH2-][Si](S(C)(=O)=O)(S(C)(=O)=O)S(C)(=O)=O.[CH2-][Si](S(C)(=O)=O)(S(C)(=O)=O)S(C)(=O)=O.[Mg+2]. The molecule has 0 saturated heterocycles. The van der Waals surface area contributed by atoms with Crippen LogP contribution in [-0.4, -0.2) is 122 Å². The minimum Gasteiger partial charge on any atom is -0.298 e. The number of rotatable bonds is 6. The second-order valence-corrected chi connectivity index (χ2v) is 48.5. The zero-order chi connectivity index (χ0) is 24.0. The number of hydrogen-bond donors (Lipinski definition) is 0. The van der Waals surface area contributed by atoms with Gasteiger partial charge in [0.1, 0.15) is 55.7 Å². The summed E-state index contributed by atoms with van der Waals surface area (Å²) in [5.74, 6) is 0. The van der Waals surface area contributed by atoms with E-state index in [1.54, 1.807) is 0 Å². The van der Waals surface area contributed by atoms with Crippen molar-refractivity contribution in [3.63, 3.8) is 0 Å². The Morgan fingerprint density at radius 3 is 0.448 bits per heavy atom. The molecule has 0 radical (unpaired) electrons. The molecule has 0 fully saturated rings. The standard InChI is InChI=1S/2C4H11O6S3Si.Mg/c2*1-11(5,6)14(4,12(2,7)8)13(3,9)10;/h2*4H2,1-3H3;/q2*-1;+2. The van der Waals surface area contributed by atoms with E-state index in [-0.39, 0.29) is 23.1 Å². The van der Waals surface area contributed by atoms with Gasteiger partial charge >= 0.3 is 34.1 Å². The van der Waals surface area contributed by atoms with Crippen molar-refractivity contribution < 1.29 is 50.5 Å². The van der Waals surface area contributed by atoms with Gasteiger partial charge in [0.25, 0.3) is 0 Å². The van der Waals surface area contributed by atoms with E-state index in [1.807, 2.05) is 0 Å². The molecular weight excluding hydrogens is 561 g/mol. The van der Waals surface area contributed by atoms with Crippen LogP contribution < -0.4 is 0 Å². The minimum atomic E-state index is -4.69. The summed E-state index contributed by atoms with van der Waals surface area (Å²) in [5, 5.41) is 0. The summed E-state index contributed by atoms with van der Waals surface area (Å²) in [7, 11) is -25.4. The molecule has 29 heavy (non-hydrogen) atoms. The van der Waals surface area contributed by atoms with Gasteiger partial charge < -0.3 is 0 Å². The molecule has 0 bridgehead atoms. The Morgan fingerprint density at radius 1 is 0.379 bits per heavy atom. The molecule has 21 heteroatoms. The van der Waals surface area contributed by atoms with Crippen LogP contribution in [0.2, 0.25) is 0 Å². The van der Waals surface area contributed by atoms with Crippen molar-refractivity contribution in [2.45, 2.75) is 0 Å². The first-order valence-electron chi connectivity index (χ1n) is 6.38. The van der Waals surface area contributed by atoms with E-state index < -0.39 is 66.8 Å². The average Bonchev–Trinajstić information content (AvgIpc) is 2.29. The van der Waals surface area contributed by atoms with Crippen molar-refractivity contribution in [2.24, 2.45) is 0 Å². The molecule has 0 aromatic heterocycles. The normalized spacial score (nSPS) is 14.9. The summed E-state index contributed by atoms with van der Waals surface area (Å²) in [6.07, 6.45) is 3.47. The summed E-state index contributed by atoms with van der Waals surface area (Å²) in [6.45, 7) is 5.92. The zero-order valence-corrected chi connectivity index (χ0v) is 24.8. The van der Waals surface area contributed by atoms with Crippen molar-refractivity contribution in [1.82, 2.24) is 0 Å². The van der Waals surface area contributed by atoms with E-state index in [9.17, 15) is 50.5 Å². The Labute approximate surface area is 189 Å². The molecular formula is C8H22MgO12S6Si2. The molecule has 0 atom stereocenters. The molecule has 0 heterocycles. The summed E-state index contributed by atoms with van der Waals surface area (Å²) < 4.78 is 134. The van der Waals surface area contributed by atoms with Crippen molar-refractivity contribution in [2.75, 3.05) is 37.5 Å². The first kappa shape index (κ1) is 34.5. The Kier molecular flexibility index (Phi) is 11.2. The van der Waals surface area contributed by atoms with Gasteiger partial charge in [0, 0.05) is 37.5 Å². The van der Waals surface area contributed by atoms with Crippen molar-refractivity contribution in [3.8, 4) is 0 Å². The van der Waals surface area contributed by atoms with Crippen LogP contribution in [0.3, 0.4) is 0 Å². The third kappa shape index (κ3) is 6.94. The first-order valence-corrected chi connectivity index (χ1v) is 26.5. The Morgan fingerprint density at radius 2 is 0.448 bits per heavy atom. The second-order valence-electron chi connectivity index (χ2n) is 6.00. The van der Waals surface area contributed by atoms with Crippen LogP contribution in [0.4, 0.5) is 0 Å². The maximum Gasteiger partial charge on any atom is 2.00 e. The molecule has 0 aliphatic rings. The Hall–Kier alpha value is 0.900. The number of hydrogen-bond acceptors (Lipinski definition) is 12. The molecule has 0 amide bonds. The molecule has 0 rings (SSSR count). The predicted octanol–water partition coefficient (Wildman–Crippen LogP) is -3.52. The van der Waals surface area contributed by atoms with Crippen molar-refractivity contribution in [1.29, 1.82) is 0 Å². The van der Waals surface area contributed by atoms with Gasteiger partial charge in [0.05, 0.1) is 0 Å². The van der Waals surface area contributed by atoms with E-state index in [0.29, 0.717) is 37.5 Å². The fourth-order valence-electron chi connectivity index (χ4n) is 1.65. The smallest absolute Gasteiger partial charge is 0.298 e. The van der Waals surface area contributed by atoms with Gasteiger partial charge in [-0.3, -0.25) is 13.1 Å². The first-order chi connectivity index (χ1) is 11.5. The van der Waals surface area contributed by atoms with E-state index in [4.69, 9.17) is 0 Å². The van der Waals surface area contributed by atoms with Crippen LogP contribution in [0.25, 0.3) is 0 Å². The average molecular weight is 583 g/mol. The van der Waals surface area contributed by atoms with Crippen molar-refractivity contribution >= 4 is 89.8 Å². The molecule has 0 saturated carbocycles. The molecule has 0 aliphatic heterocycles. The molecule has 0 unspecified atom stereocenters. The molecule has 0 aromatic rings. The molecule has 0 spiro atoms. The summed E-state index contributed by atoms with van der Waals surface area (Å²) in [4.78, 5) is 0. The molecule has 0 aliphatic carbocycles. The summed E-state index contributed by atoms with van der Waals surface area (Å²) in [5.41, 5.74) is -9.37. The van der Waals surface area contributed by atoms with Gasteiger partial charge in [0.2, 0.25) is 0 Å². The van der Waals surface area contributed by atoms with Gasteiger partial charge in [-0.2, -0.15) is 0 Å². The van der Waals surface area contributed by atoms with E-state index in [2.05, 4.69) is 13.1 Å². The van der Waals surface area contributed by atoms with Crippen LogP contribution in [-0.2, 0) is 55.7 Å². The summed E-state index contributed by atoms with van der Waals surface area (Å²) in [6, 6.07) is 0. The van der Waals surface area contributed by atoms with Gasteiger partial charge in [-0.15, -0.1) is 0 Å². The van der Waals surface area contributed by atoms with Gasteiger partial charge in [-0.05, 0) is 0 Å². The molecule has 0 N–H and O–H groups in total. The fourth-order valence-corrected chi connectivity index (χ4v) is 44.5.